The maximum atomic E-state index is 12.2. The molecule has 0 saturated heterocycles. The number of nitrogens with one attached hydrogen (secondary N) is 2. The van der Waals surface area contributed by atoms with E-state index >= 15 is 0 Å². The molecule has 25 heavy (non-hydrogen) atoms. The van der Waals surface area contributed by atoms with Gasteiger partial charge in [0.2, 0.25) is 5.91 Å². The number of benzene rings is 2. The predicted octanol–water partition coefficient (Wildman–Crippen LogP) is 2.76. The van der Waals surface area contributed by atoms with Gasteiger partial charge in [0.25, 0.3) is 5.91 Å². The number of hydrogen-bond donors (Lipinski definition) is 2. The van der Waals surface area contributed by atoms with E-state index in [0.29, 0.717) is 17.0 Å². The van der Waals surface area contributed by atoms with Crippen molar-refractivity contribution in [1.29, 1.82) is 0 Å². The highest BCUT2D eigenvalue weighted by molar-refractivity contribution is 5.98. The van der Waals surface area contributed by atoms with Crippen molar-refractivity contribution in [2.75, 3.05) is 38.4 Å². The lowest BCUT2D eigenvalue weighted by molar-refractivity contribution is -0.114. The molecule has 2 N–H and O–H groups in total. The van der Waals surface area contributed by atoms with Crippen LogP contribution in [0.3, 0.4) is 0 Å². The first-order valence-electron chi connectivity index (χ1n) is 7.91. The van der Waals surface area contributed by atoms with Gasteiger partial charge in [-0.15, -0.1) is 0 Å². The summed E-state index contributed by atoms with van der Waals surface area (Å²) in [6.07, 6.45) is 0. The fourth-order valence-corrected chi connectivity index (χ4v) is 2.33. The van der Waals surface area contributed by atoms with Crippen molar-refractivity contribution in [3.8, 4) is 5.75 Å². The van der Waals surface area contributed by atoms with Gasteiger partial charge in [-0.1, -0.05) is 12.1 Å². The molecule has 0 aliphatic heterocycles. The van der Waals surface area contributed by atoms with Crippen LogP contribution in [0.2, 0.25) is 0 Å². The second-order valence-corrected chi connectivity index (χ2v) is 5.89. The SMILES string of the molecule is COc1ccc(C)cc1NCC(=O)Nc1cccc(C(=O)N(C)C)c1. The van der Waals surface area contributed by atoms with Crippen LogP contribution in [0.1, 0.15) is 15.9 Å². The Balaban J connectivity index is 2.00. The Labute approximate surface area is 147 Å². The smallest absolute Gasteiger partial charge is 0.253 e. The summed E-state index contributed by atoms with van der Waals surface area (Å²) in [6.45, 7) is 2.06. The summed E-state index contributed by atoms with van der Waals surface area (Å²) in [6, 6.07) is 12.6. The number of carbonyl (C=O) groups excluding carboxylic acids is 2. The lowest BCUT2D eigenvalue weighted by Crippen LogP contribution is -2.23. The number of rotatable bonds is 6. The molecule has 132 valence electrons. The fourth-order valence-electron chi connectivity index (χ4n) is 2.33. The average molecular weight is 341 g/mol. The molecule has 0 saturated carbocycles. The molecule has 2 rings (SSSR count). The van der Waals surface area contributed by atoms with Crippen LogP contribution in [0.25, 0.3) is 0 Å². The minimum absolute atomic E-state index is 0.0890. The van der Waals surface area contributed by atoms with E-state index in [2.05, 4.69) is 10.6 Å². The van der Waals surface area contributed by atoms with E-state index in [4.69, 9.17) is 4.74 Å². The Morgan fingerprint density at radius 3 is 2.56 bits per heavy atom. The van der Waals surface area contributed by atoms with Crippen molar-refractivity contribution in [3.05, 3.63) is 53.6 Å². The van der Waals surface area contributed by atoms with E-state index in [1.165, 1.54) is 4.90 Å². The molecule has 0 atom stereocenters. The topological polar surface area (TPSA) is 70.7 Å². The third kappa shape index (κ3) is 4.97. The molecule has 0 unspecified atom stereocenters. The van der Waals surface area contributed by atoms with Crippen molar-refractivity contribution in [2.45, 2.75) is 6.92 Å². The van der Waals surface area contributed by atoms with Crippen LogP contribution in [0, 0.1) is 6.92 Å². The van der Waals surface area contributed by atoms with Crippen LogP contribution < -0.4 is 15.4 Å². The highest BCUT2D eigenvalue weighted by Gasteiger charge is 2.10. The van der Waals surface area contributed by atoms with Gasteiger partial charge in [-0.25, -0.2) is 0 Å². The number of hydrogen-bond acceptors (Lipinski definition) is 4. The molecule has 0 fully saturated rings. The normalized spacial score (nSPS) is 10.1. The zero-order chi connectivity index (χ0) is 18.4. The summed E-state index contributed by atoms with van der Waals surface area (Å²) in [5.74, 6) is 0.355. The quantitative estimate of drug-likeness (QED) is 0.847. The molecule has 0 radical (unpaired) electrons. The van der Waals surface area contributed by atoms with Crippen LogP contribution in [-0.4, -0.2) is 44.5 Å². The highest BCUT2D eigenvalue weighted by Crippen LogP contribution is 2.24. The Bertz CT molecular complexity index is 772. The lowest BCUT2D eigenvalue weighted by atomic mass is 10.2. The van der Waals surface area contributed by atoms with Crippen LogP contribution in [0.15, 0.2) is 42.5 Å². The van der Waals surface area contributed by atoms with E-state index < -0.39 is 0 Å². The van der Waals surface area contributed by atoms with Gasteiger partial charge < -0.3 is 20.3 Å². The third-order valence-electron chi connectivity index (χ3n) is 3.59. The van der Waals surface area contributed by atoms with E-state index in [1.807, 2.05) is 25.1 Å². The van der Waals surface area contributed by atoms with Crippen LogP contribution >= 0.6 is 0 Å². The Kier molecular flexibility index (Phi) is 6.00. The molecule has 0 aromatic heterocycles. The van der Waals surface area contributed by atoms with Gasteiger partial charge >= 0.3 is 0 Å². The maximum Gasteiger partial charge on any atom is 0.253 e. The van der Waals surface area contributed by atoms with Gasteiger partial charge in [-0.05, 0) is 42.8 Å². The highest BCUT2D eigenvalue weighted by atomic mass is 16.5. The molecule has 0 aliphatic rings. The number of carbonyl (C=O) groups is 2. The standard InChI is InChI=1S/C19H23N3O3/c1-13-8-9-17(25-4)16(10-13)20-12-18(23)21-15-7-5-6-14(11-15)19(24)22(2)3/h5-11,20H,12H2,1-4H3,(H,21,23). The third-order valence-corrected chi connectivity index (χ3v) is 3.59. The summed E-state index contributed by atoms with van der Waals surface area (Å²) in [4.78, 5) is 25.7. The molecule has 0 bridgehead atoms. The van der Waals surface area contributed by atoms with Gasteiger partial charge in [0.05, 0.1) is 19.3 Å². The molecule has 6 nitrogen and oxygen atoms in total. The van der Waals surface area contributed by atoms with Crippen molar-refractivity contribution in [2.24, 2.45) is 0 Å². The zero-order valence-corrected chi connectivity index (χ0v) is 14.9. The van der Waals surface area contributed by atoms with Gasteiger partial charge in [-0.2, -0.15) is 0 Å². The Morgan fingerprint density at radius 2 is 1.88 bits per heavy atom. The molecule has 6 heteroatoms. The number of ether oxygens (including phenoxy) is 1. The first-order chi connectivity index (χ1) is 11.9. The maximum absolute atomic E-state index is 12.2. The number of amides is 2. The van der Waals surface area contributed by atoms with Crippen LogP contribution in [0.4, 0.5) is 11.4 Å². The largest absolute Gasteiger partial charge is 0.495 e. The number of nitrogens with zero attached hydrogens (tertiary/aromatic N) is 1. The van der Waals surface area contributed by atoms with Crippen molar-refractivity contribution in [3.63, 3.8) is 0 Å². The summed E-state index contributed by atoms with van der Waals surface area (Å²) in [5, 5.41) is 5.85. The summed E-state index contributed by atoms with van der Waals surface area (Å²) >= 11 is 0. The number of methoxy groups -OCH3 is 1. The molecular formula is C19H23N3O3. The zero-order valence-electron chi connectivity index (χ0n) is 14.9. The van der Waals surface area contributed by atoms with Crippen molar-refractivity contribution < 1.29 is 14.3 Å². The van der Waals surface area contributed by atoms with Crippen LogP contribution in [-0.2, 0) is 4.79 Å². The first kappa shape index (κ1) is 18.3. The first-order valence-corrected chi connectivity index (χ1v) is 7.91. The van der Waals surface area contributed by atoms with E-state index in [-0.39, 0.29) is 18.4 Å². The fraction of sp³-hybridized carbons (Fsp3) is 0.263. The summed E-state index contributed by atoms with van der Waals surface area (Å²) < 4.78 is 5.28. The second kappa shape index (κ2) is 8.19. The minimum Gasteiger partial charge on any atom is -0.495 e. The molecule has 0 heterocycles. The Hall–Kier alpha value is -3.02. The average Bonchev–Trinajstić information content (AvgIpc) is 2.59. The van der Waals surface area contributed by atoms with Gasteiger partial charge in [0, 0.05) is 25.3 Å². The second-order valence-electron chi connectivity index (χ2n) is 5.89. The number of anilines is 2. The van der Waals surface area contributed by atoms with Crippen molar-refractivity contribution >= 4 is 23.2 Å². The summed E-state index contributed by atoms with van der Waals surface area (Å²) in [5.41, 5.74) is 2.93. The molecule has 2 aromatic rings. The number of aryl methyl sites for hydroxylation is 1. The van der Waals surface area contributed by atoms with Gasteiger partial charge in [0.15, 0.2) is 0 Å². The molecule has 2 aromatic carbocycles. The molecular weight excluding hydrogens is 318 g/mol. The molecule has 0 aliphatic carbocycles. The summed E-state index contributed by atoms with van der Waals surface area (Å²) in [7, 11) is 4.96. The minimum atomic E-state index is -0.210. The monoisotopic (exact) mass is 341 g/mol. The van der Waals surface area contributed by atoms with Crippen molar-refractivity contribution in [1.82, 2.24) is 4.90 Å². The Morgan fingerprint density at radius 1 is 1.12 bits per heavy atom. The molecule has 2 amide bonds. The molecule has 0 spiro atoms. The van der Waals surface area contributed by atoms with Gasteiger partial charge in [-0.3, -0.25) is 9.59 Å². The predicted molar refractivity (Wildman–Crippen MR) is 99.3 cm³/mol. The van der Waals surface area contributed by atoms with Gasteiger partial charge in [0.1, 0.15) is 5.75 Å². The lowest BCUT2D eigenvalue weighted by Gasteiger charge is -2.13. The van der Waals surface area contributed by atoms with E-state index in [1.54, 1.807) is 45.5 Å². The van der Waals surface area contributed by atoms with E-state index in [9.17, 15) is 9.59 Å². The van der Waals surface area contributed by atoms with E-state index in [0.717, 1.165) is 11.3 Å². The van der Waals surface area contributed by atoms with Crippen LogP contribution in [0.5, 0.6) is 5.75 Å².